The Morgan fingerprint density at radius 3 is 2.53 bits per heavy atom. The number of ketones is 1. The summed E-state index contributed by atoms with van der Waals surface area (Å²) in [5, 5.41) is 0. The number of H-pyrrole nitrogens is 1. The number of likely N-dealkylation sites (tertiary alicyclic amines) is 1. The van der Waals surface area contributed by atoms with Crippen LogP contribution in [0.2, 0.25) is 0 Å². The largest absolute Gasteiger partial charge is 0.340 e. The molecular weight excluding hydrogens is 250 g/mol. The molecule has 19 heavy (non-hydrogen) atoms. The third-order valence-electron chi connectivity index (χ3n) is 3.17. The molecule has 0 atom stereocenters. The molecule has 7 nitrogen and oxygen atoms in total. The highest BCUT2D eigenvalue weighted by Gasteiger charge is 2.21. The van der Waals surface area contributed by atoms with Gasteiger partial charge in [0.2, 0.25) is 5.91 Å². The first-order valence-electron chi connectivity index (χ1n) is 6.07. The van der Waals surface area contributed by atoms with E-state index in [0.29, 0.717) is 31.5 Å². The van der Waals surface area contributed by atoms with Gasteiger partial charge in [0, 0.05) is 37.7 Å². The van der Waals surface area contributed by atoms with Gasteiger partial charge in [-0.05, 0) is 6.92 Å². The van der Waals surface area contributed by atoms with Gasteiger partial charge in [0.15, 0.2) is 0 Å². The lowest BCUT2D eigenvalue weighted by atomic mass is 10.1. The predicted octanol–water partition coefficient (Wildman–Crippen LogP) is -0.963. The minimum absolute atomic E-state index is 0.120. The van der Waals surface area contributed by atoms with Crippen LogP contribution in [0.3, 0.4) is 0 Å². The fourth-order valence-electron chi connectivity index (χ4n) is 1.99. The van der Waals surface area contributed by atoms with Gasteiger partial charge in [-0.25, -0.2) is 4.79 Å². The van der Waals surface area contributed by atoms with Gasteiger partial charge in [0.1, 0.15) is 12.3 Å². The topological polar surface area (TPSA) is 92.2 Å². The molecule has 1 amide bonds. The summed E-state index contributed by atoms with van der Waals surface area (Å²) in [6.45, 7) is 2.24. The molecule has 0 spiro atoms. The van der Waals surface area contributed by atoms with Crippen molar-refractivity contribution in [1.29, 1.82) is 0 Å². The molecule has 1 aromatic rings. The molecule has 0 saturated carbocycles. The lowest BCUT2D eigenvalue weighted by molar-refractivity contribution is -0.135. The Hall–Kier alpha value is -2.18. The van der Waals surface area contributed by atoms with Crippen LogP contribution in [0.15, 0.2) is 15.8 Å². The van der Waals surface area contributed by atoms with E-state index in [4.69, 9.17) is 0 Å². The number of carbonyl (C=O) groups is 2. The Kier molecular flexibility index (Phi) is 3.64. The van der Waals surface area contributed by atoms with Gasteiger partial charge in [-0.2, -0.15) is 0 Å². The highest BCUT2D eigenvalue weighted by Crippen LogP contribution is 2.06. The average molecular weight is 265 g/mol. The number of aromatic nitrogens is 2. The first-order chi connectivity index (χ1) is 8.97. The van der Waals surface area contributed by atoms with Crippen molar-refractivity contribution in [3.63, 3.8) is 0 Å². The number of nitrogens with zero attached hydrogens (tertiary/aromatic N) is 2. The van der Waals surface area contributed by atoms with E-state index < -0.39 is 11.2 Å². The maximum atomic E-state index is 12.0. The summed E-state index contributed by atoms with van der Waals surface area (Å²) in [5.74, 6) is -0.0675. The number of hydrogen-bond acceptors (Lipinski definition) is 4. The normalized spacial score (nSPS) is 15.6. The molecule has 0 aliphatic carbocycles. The Morgan fingerprint density at radius 1 is 1.26 bits per heavy atom. The third-order valence-corrected chi connectivity index (χ3v) is 3.17. The molecule has 0 aromatic carbocycles. The Labute approximate surface area is 108 Å². The SMILES string of the molecule is Cc1cn(CC(=O)N2CCC(=O)CC2)c(=O)[nH]c1=O. The Morgan fingerprint density at radius 2 is 1.89 bits per heavy atom. The molecule has 2 heterocycles. The van der Waals surface area contributed by atoms with Crippen LogP contribution >= 0.6 is 0 Å². The molecule has 0 bridgehead atoms. The lowest BCUT2D eigenvalue weighted by Crippen LogP contribution is -2.42. The maximum absolute atomic E-state index is 12.0. The molecular formula is C12H15N3O4. The minimum atomic E-state index is -0.600. The van der Waals surface area contributed by atoms with Gasteiger partial charge in [-0.15, -0.1) is 0 Å². The summed E-state index contributed by atoms with van der Waals surface area (Å²) in [5.41, 5.74) is -0.671. The second-order valence-electron chi connectivity index (χ2n) is 4.62. The number of aryl methyl sites for hydroxylation is 1. The zero-order valence-corrected chi connectivity index (χ0v) is 10.6. The van der Waals surface area contributed by atoms with Gasteiger partial charge in [0.25, 0.3) is 5.56 Å². The Balaban J connectivity index is 2.11. The molecule has 7 heteroatoms. The van der Waals surface area contributed by atoms with Crippen molar-refractivity contribution in [3.8, 4) is 0 Å². The second kappa shape index (κ2) is 5.21. The van der Waals surface area contributed by atoms with Crippen LogP contribution in [0.1, 0.15) is 18.4 Å². The standard InChI is InChI=1S/C12H15N3O4/c1-8-6-15(12(19)13-11(8)18)7-10(17)14-4-2-9(16)3-5-14/h6H,2-5,7H2,1H3,(H,13,18,19). The van der Waals surface area contributed by atoms with E-state index >= 15 is 0 Å². The molecule has 1 N–H and O–H groups in total. The maximum Gasteiger partial charge on any atom is 0.328 e. The molecule has 1 fully saturated rings. The van der Waals surface area contributed by atoms with Crippen molar-refractivity contribution in [2.75, 3.05) is 13.1 Å². The number of nitrogens with one attached hydrogen (secondary N) is 1. The number of hydrogen-bond donors (Lipinski definition) is 1. The van der Waals surface area contributed by atoms with E-state index in [1.54, 1.807) is 11.8 Å². The van der Waals surface area contributed by atoms with E-state index in [9.17, 15) is 19.2 Å². The van der Waals surface area contributed by atoms with Gasteiger partial charge < -0.3 is 4.90 Å². The molecule has 0 unspecified atom stereocenters. The summed E-state index contributed by atoms with van der Waals surface area (Å²) >= 11 is 0. The average Bonchev–Trinajstić information content (AvgIpc) is 2.36. The molecule has 102 valence electrons. The molecule has 1 saturated heterocycles. The number of Topliss-reactive ketones (excluding diaryl/α,β-unsaturated/α-hetero) is 1. The number of amides is 1. The summed E-state index contributed by atoms with van der Waals surface area (Å²) in [4.78, 5) is 49.6. The van der Waals surface area contributed by atoms with Crippen molar-refractivity contribution in [1.82, 2.24) is 14.5 Å². The van der Waals surface area contributed by atoms with Crippen LogP contribution in [-0.4, -0.2) is 39.2 Å². The summed E-state index contributed by atoms with van der Waals surface area (Å²) in [7, 11) is 0. The highest BCUT2D eigenvalue weighted by molar-refractivity contribution is 5.83. The zero-order valence-electron chi connectivity index (χ0n) is 10.6. The molecule has 0 radical (unpaired) electrons. The van der Waals surface area contributed by atoms with Crippen LogP contribution < -0.4 is 11.2 Å². The first kappa shape index (κ1) is 13.3. The quantitative estimate of drug-likeness (QED) is 0.745. The van der Waals surface area contributed by atoms with Crippen LogP contribution in [0.5, 0.6) is 0 Å². The third kappa shape index (κ3) is 2.98. The monoisotopic (exact) mass is 265 g/mol. The van der Waals surface area contributed by atoms with Crippen LogP contribution in [0, 0.1) is 6.92 Å². The van der Waals surface area contributed by atoms with Crippen molar-refractivity contribution >= 4 is 11.7 Å². The second-order valence-corrected chi connectivity index (χ2v) is 4.62. The van der Waals surface area contributed by atoms with Crippen LogP contribution in [-0.2, 0) is 16.1 Å². The smallest absolute Gasteiger partial charge is 0.328 e. The van der Waals surface area contributed by atoms with Crippen LogP contribution in [0.25, 0.3) is 0 Å². The van der Waals surface area contributed by atoms with E-state index in [2.05, 4.69) is 4.98 Å². The number of rotatable bonds is 2. The lowest BCUT2D eigenvalue weighted by Gasteiger charge is -2.26. The Bertz CT molecular complexity index is 619. The van der Waals surface area contributed by atoms with E-state index in [1.807, 2.05) is 0 Å². The minimum Gasteiger partial charge on any atom is -0.340 e. The van der Waals surface area contributed by atoms with Crippen LogP contribution in [0.4, 0.5) is 0 Å². The van der Waals surface area contributed by atoms with Crippen molar-refractivity contribution in [2.45, 2.75) is 26.3 Å². The van der Waals surface area contributed by atoms with Crippen molar-refractivity contribution < 1.29 is 9.59 Å². The molecule has 1 aliphatic heterocycles. The number of piperidine rings is 1. The van der Waals surface area contributed by atoms with Crippen molar-refractivity contribution in [2.24, 2.45) is 0 Å². The zero-order chi connectivity index (χ0) is 14.0. The van der Waals surface area contributed by atoms with Gasteiger partial charge >= 0.3 is 5.69 Å². The number of carbonyl (C=O) groups excluding carboxylic acids is 2. The highest BCUT2D eigenvalue weighted by atomic mass is 16.2. The van der Waals surface area contributed by atoms with Gasteiger partial charge in [0.05, 0.1) is 0 Å². The van der Waals surface area contributed by atoms with E-state index in [0.717, 1.165) is 0 Å². The van der Waals surface area contributed by atoms with Crippen molar-refractivity contribution in [3.05, 3.63) is 32.6 Å². The number of aromatic amines is 1. The van der Waals surface area contributed by atoms with Gasteiger partial charge in [-0.3, -0.25) is 23.9 Å². The fourth-order valence-corrected chi connectivity index (χ4v) is 1.99. The fraction of sp³-hybridized carbons (Fsp3) is 0.500. The summed E-state index contributed by atoms with van der Waals surface area (Å²) in [6.07, 6.45) is 2.10. The molecule has 1 aliphatic rings. The first-order valence-corrected chi connectivity index (χ1v) is 6.07. The molecule has 2 rings (SSSR count). The van der Waals surface area contributed by atoms with E-state index in [1.165, 1.54) is 10.8 Å². The summed E-state index contributed by atoms with van der Waals surface area (Å²) < 4.78 is 1.18. The predicted molar refractivity (Wildman–Crippen MR) is 66.9 cm³/mol. The van der Waals surface area contributed by atoms with E-state index in [-0.39, 0.29) is 18.2 Å². The van der Waals surface area contributed by atoms with Gasteiger partial charge in [-0.1, -0.05) is 0 Å². The summed E-state index contributed by atoms with van der Waals surface area (Å²) in [6, 6.07) is 0. The molecule has 1 aromatic heterocycles.